The Kier molecular flexibility index (Phi) is 4.56. The van der Waals surface area contributed by atoms with E-state index >= 15 is 0 Å². The van der Waals surface area contributed by atoms with Crippen molar-refractivity contribution in [3.8, 4) is 0 Å². The Hall–Kier alpha value is -1.39. The molecule has 0 fully saturated rings. The van der Waals surface area contributed by atoms with Gasteiger partial charge >= 0.3 is 0 Å². The van der Waals surface area contributed by atoms with Gasteiger partial charge in [0.1, 0.15) is 0 Å². The molecule has 1 unspecified atom stereocenters. The Labute approximate surface area is 121 Å². The number of rotatable bonds is 4. The number of pyridine rings is 1. The summed E-state index contributed by atoms with van der Waals surface area (Å²) >= 11 is 7.12. The molecule has 2 aromatic heterocycles. The first-order chi connectivity index (χ1) is 9.08. The van der Waals surface area contributed by atoms with Crippen molar-refractivity contribution in [3.63, 3.8) is 0 Å². The molecule has 1 N–H and O–H groups in total. The van der Waals surface area contributed by atoms with Crippen molar-refractivity contribution < 1.29 is 4.79 Å². The van der Waals surface area contributed by atoms with E-state index in [-0.39, 0.29) is 17.9 Å². The van der Waals surface area contributed by atoms with Gasteiger partial charge in [-0.15, -0.1) is 11.3 Å². The summed E-state index contributed by atoms with van der Waals surface area (Å²) in [5.74, 6) is 0.149. The van der Waals surface area contributed by atoms with Gasteiger partial charge < -0.3 is 5.32 Å². The molecule has 19 heavy (non-hydrogen) atoms. The molecule has 1 amide bonds. The van der Waals surface area contributed by atoms with Gasteiger partial charge in [-0.2, -0.15) is 0 Å². The van der Waals surface area contributed by atoms with Crippen LogP contribution in [0.3, 0.4) is 0 Å². The van der Waals surface area contributed by atoms with E-state index in [1.165, 1.54) is 11.3 Å². The summed E-state index contributed by atoms with van der Waals surface area (Å²) < 4.78 is 0.615. The molecule has 5 heteroatoms. The highest BCUT2D eigenvalue weighted by Gasteiger charge is 2.20. The Bertz CT molecular complexity index is 554. The topological polar surface area (TPSA) is 42.0 Å². The largest absolute Gasteiger partial charge is 0.343 e. The molecule has 2 aromatic rings. The van der Waals surface area contributed by atoms with E-state index < -0.39 is 0 Å². The summed E-state index contributed by atoms with van der Waals surface area (Å²) in [6, 6.07) is 9.07. The van der Waals surface area contributed by atoms with Crippen LogP contribution in [0.15, 0.2) is 36.5 Å². The van der Waals surface area contributed by atoms with E-state index in [2.05, 4.69) is 24.1 Å². The van der Waals surface area contributed by atoms with Crippen LogP contribution in [0.25, 0.3) is 0 Å². The Morgan fingerprint density at radius 1 is 1.32 bits per heavy atom. The van der Waals surface area contributed by atoms with E-state index in [1.807, 2.05) is 18.2 Å². The van der Waals surface area contributed by atoms with Crippen molar-refractivity contribution >= 4 is 28.8 Å². The summed E-state index contributed by atoms with van der Waals surface area (Å²) in [6.45, 7) is 4.11. The third-order valence-corrected chi connectivity index (χ3v) is 3.99. The third-order valence-electron chi connectivity index (χ3n) is 2.76. The molecular weight excluding hydrogens is 280 g/mol. The van der Waals surface area contributed by atoms with E-state index in [0.29, 0.717) is 9.21 Å². The fourth-order valence-corrected chi connectivity index (χ4v) is 2.74. The van der Waals surface area contributed by atoms with Gasteiger partial charge in [-0.3, -0.25) is 9.78 Å². The quantitative estimate of drug-likeness (QED) is 0.928. The van der Waals surface area contributed by atoms with Gasteiger partial charge in [0, 0.05) is 6.20 Å². The predicted octanol–water partition coefficient (Wildman–Crippen LogP) is 3.92. The fourth-order valence-electron chi connectivity index (χ4n) is 1.79. The first kappa shape index (κ1) is 14.0. The number of nitrogens with one attached hydrogen (secondary N) is 1. The predicted molar refractivity (Wildman–Crippen MR) is 78.6 cm³/mol. The van der Waals surface area contributed by atoms with Crippen molar-refractivity contribution in [2.45, 2.75) is 19.9 Å². The molecule has 0 spiro atoms. The van der Waals surface area contributed by atoms with Gasteiger partial charge in [-0.05, 0) is 30.2 Å². The van der Waals surface area contributed by atoms with Gasteiger partial charge in [-0.25, -0.2) is 0 Å². The highest BCUT2D eigenvalue weighted by atomic mass is 35.5. The maximum absolute atomic E-state index is 12.2. The number of carbonyl (C=O) groups is 1. The molecule has 2 rings (SSSR count). The lowest BCUT2D eigenvalue weighted by Gasteiger charge is -2.21. The van der Waals surface area contributed by atoms with E-state index in [9.17, 15) is 4.79 Å². The fraction of sp³-hybridized carbons (Fsp3) is 0.286. The number of carbonyl (C=O) groups excluding carboxylic acids is 1. The summed E-state index contributed by atoms with van der Waals surface area (Å²) in [6.07, 6.45) is 1.73. The Balaban J connectivity index is 2.16. The zero-order valence-corrected chi connectivity index (χ0v) is 12.3. The highest BCUT2D eigenvalue weighted by Crippen LogP contribution is 2.24. The second-order valence-corrected chi connectivity index (χ2v) is 6.27. The number of aromatic nitrogens is 1. The van der Waals surface area contributed by atoms with Crippen LogP contribution in [0, 0.1) is 5.92 Å². The molecule has 0 saturated heterocycles. The lowest BCUT2D eigenvalue weighted by atomic mass is 10.0. The number of hydrogen-bond acceptors (Lipinski definition) is 3. The number of amides is 1. The number of nitrogens with zero attached hydrogens (tertiary/aromatic N) is 1. The Morgan fingerprint density at radius 2 is 2.11 bits per heavy atom. The smallest absolute Gasteiger partial charge is 0.261 e. The van der Waals surface area contributed by atoms with Gasteiger partial charge in [0.05, 0.1) is 20.9 Å². The zero-order chi connectivity index (χ0) is 13.8. The maximum Gasteiger partial charge on any atom is 0.261 e. The minimum atomic E-state index is -0.110. The molecule has 0 aliphatic carbocycles. The van der Waals surface area contributed by atoms with Crippen molar-refractivity contribution in [1.82, 2.24) is 10.3 Å². The van der Waals surface area contributed by atoms with Crippen LogP contribution in [0.2, 0.25) is 4.34 Å². The molecule has 0 aliphatic rings. The summed E-state index contributed by atoms with van der Waals surface area (Å²) in [5.41, 5.74) is 0.869. The normalized spacial score (nSPS) is 12.4. The van der Waals surface area contributed by atoms with Crippen LogP contribution < -0.4 is 5.32 Å². The molecule has 0 radical (unpaired) electrons. The second-order valence-electron chi connectivity index (χ2n) is 4.55. The highest BCUT2D eigenvalue weighted by molar-refractivity contribution is 7.17. The maximum atomic E-state index is 12.2. The Morgan fingerprint density at radius 3 is 2.63 bits per heavy atom. The van der Waals surface area contributed by atoms with Crippen molar-refractivity contribution in [1.29, 1.82) is 0 Å². The van der Waals surface area contributed by atoms with Crippen LogP contribution in [-0.4, -0.2) is 10.9 Å². The molecular formula is C14H15ClN2OS. The van der Waals surface area contributed by atoms with Gasteiger partial charge in [0.25, 0.3) is 5.91 Å². The van der Waals surface area contributed by atoms with Gasteiger partial charge in [-0.1, -0.05) is 31.5 Å². The summed E-state index contributed by atoms with van der Waals surface area (Å²) in [4.78, 5) is 17.1. The van der Waals surface area contributed by atoms with Crippen LogP contribution in [0.4, 0.5) is 0 Å². The number of halogens is 1. The monoisotopic (exact) mass is 294 g/mol. The molecule has 0 aliphatic heterocycles. The van der Waals surface area contributed by atoms with E-state index in [4.69, 9.17) is 11.6 Å². The molecule has 0 saturated carbocycles. The standard InChI is InChI=1S/C14H15ClN2OS/c1-9(2)13(10-5-3-4-8-16-10)17-14(18)11-6-7-12(15)19-11/h3-9,13H,1-2H3,(H,17,18). The zero-order valence-electron chi connectivity index (χ0n) is 10.8. The minimum absolute atomic E-state index is 0.102. The van der Waals surface area contributed by atoms with Crippen molar-refractivity contribution in [2.75, 3.05) is 0 Å². The first-order valence-electron chi connectivity index (χ1n) is 6.05. The minimum Gasteiger partial charge on any atom is -0.343 e. The van der Waals surface area contributed by atoms with E-state index in [1.54, 1.807) is 18.3 Å². The van der Waals surface area contributed by atoms with Gasteiger partial charge in [0.2, 0.25) is 0 Å². The lowest BCUT2D eigenvalue weighted by molar-refractivity contribution is 0.0928. The molecule has 0 aromatic carbocycles. The molecule has 0 bridgehead atoms. The van der Waals surface area contributed by atoms with Crippen LogP contribution >= 0.6 is 22.9 Å². The molecule has 100 valence electrons. The second kappa shape index (κ2) is 6.17. The van der Waals surface area contributed by atoms with Crippen LogP contribution in [0.1, 0.15) is 35.3 Å². The van der Waals surface area contributed by atoms with E-state index in [0.717, 1.165) is 5.69 Å². The summed E-state index contributed by atoms with van der Waals surface area (Å²) in [5, 5.41) is 3.01. The van der Waals surface area contributed by atoms with Gasteiger partial charge in [0.15, 0.2) is 0 Å². The molecule has 2 heterocycles. The third kappa shape index (κ3) is 3.55. The average molecular weight is 295 g/mol. The molecule has 1 atom stereocenters. The lowest BCUT2D eigenvalue weighted by Crippen LogP contribution is -2.31. The number of thiophene rings is 1. The SMILES string of the molecule is CC(C)C(NC(=O)c1ccc(Cl)s1)c1ccccn1. The van der Waals surface area contributed by atoms with Crippen molar-refractivity contribution in [2.24, 2.45) is 5.92 Å². The van der Waals surface area contributed by atoms with Crippen LogP contribution in [-0.2, 0) is 0 Å². The number of hydrogen-bond donors (Lipinski definition) is 1. The average Bonchev–Trinajstić information content (AvgIpc) is 2.83. The van der Waals surface area contributed by atoms with Crippen LogP contribution in [0.5, 0.6) is 0 Å². The van der Waals surface area contributed by atoms with Crippen molar-refractivity contribution in [3.05, 3.63) is 51.4 Å². The summed E-state index contributed by atoms with van der Waals surface area (Å²) in [7, 11) is 0. The first-order valence-corrected chi connectivity index (χ1v) is 7.24. The molecule has 3 nitrogen and oxygen atoms in total.